The van der Waals surface area contributed by atoms with Gasteiger partial charge in [0.25, 0.3) is 0 Å². The van der Waals surface area contributed by atoms with Crippen molar-refractivity contribution >= 4 is 5.78 Å². The Morgan fingerprint density at radius 3 is 2.73 bits per heavy atom. The Bertz CT molecular complexity index is 341. The summed E-state index contributed by atoms with van der Waals surface area (Å²) in [6.45, 7) is 6.53. The molecule has 1 aromatic heterocycles. The maximum atomic E-state index is 11.8. The molecule has 4 heteroatoms. The number of Topliss-reactive ketones (excluding diaryl/α,β-unsaturated/α-hetero) is 1. The number of carbonyl (C=O) groups excluding carboxylic acids is 1. The molecule has 2 N–H and O–H groups in total. The van der Waals surface area contributed by atoms with E-state index in [9.17, 15) is 4.79 Å². The quantitative estimate of drug-likeness (QED) is 0.791. The summed E-state index contributed by atoms with van der Waals surface area (Å²) in [4.78, 5) is 11.8. The summed E-state index contributed by atoms with van der Waals surface area (Å²) >= 11 is 0. The lowest BCUT2D eigenvalue weighted by Gasteiger charge is -2.20. The maximum Gasteiger partial charge on any atom is 0.156 e. The van der Waals surface area contributed by atoms with E-state index in [2.05, 4.69) is 5.10 Å². The summed E-state index contributed by atoms with van der Waals surface area (Å²) in [5.74, 6) is 0.0700. The highest BCUT2D eigenvalue weighted by molar-refractivity contribution is 5.89. The van der Waals surface area contributed by atoms with Crippen LogP contribution in [0.5, 0.6) is 0 Å². The van der Waals surface area contributed by atoms with Crippen LogP contribution in [-0.4, -0.2) is 21.1 Å². The molecule has 0 aliphatic rings. The average molecular weight is 209 g/mol. The van der Waals surface area contributed by atoms with Gasteiger partial charge < -0.3 is 5.73 Å². The molecule has 1 atom stereocenters. The third-order valence-electron chi connectivity index (χ3n) is 2.75. The monoisotopic (exact) mass is 209 g/mol. The van der Waals surface area contributed by atoms with Crippen LogP contribution in [0.2, 0.25) is 0 Å². The molecular weight excluding hydrogens is 190 g/mol. The second-order valence-electron chi connectivity index (χ2n) is 4.08. The lowest BCUT2D eigenvalue weighted by atomic mass is 9.91. The Hall–Kier alpha value is -1.16. The number of nitrogens with zero attached hydrogens (tertiary/aromatic N) is 2. The Morgan fingerprint density at radius 1 is 1.60 bits per heavy atom. The molecular formula is C11H19N3O. The first-order valence-corrected chi connectivity index (χ1v) is 5.33. The van der Waals surface area contributed by atoms with Crippen molar-refractivity contribution in [2.24, 2.45) is 5.73 Å². The number of hydrogen-bond acceptors (Lipinski definition) is 3. The number of aromatic nitrogens is 2. The minimum atomic E-state index is -0.714. The molecule has 0 saturated carbocycles. The zero-order chi connectivity index (χ0) is 11.5. The van der Waals surface area contributed by atoms with E-state index in [1.165, 1.54) is 0 Å². The Morgan fingerprint density at radius 2 is 2.27 bits per heavy atom. The van der Waals surface area contributed by atoms with E-state index in [1.807, 2.05) is 24.7 Å². The van der Waals surface area contributed by atoms with E-state index < -0.39 is 5.54 Å². The van der Waals surface area contributed by atoms with Crippen LogP contribution < -0.4 is 5.73 Å². The fourth-order valence-electron chi connectivity index (χ4n) is 1.26. The van der Waals surface area contributed by atoms with Gasteiger partial charge in [0, 0.05) is 19.2 Å². The molecule has 0 saturated heterocycles. The number of carbonyl (C=O) groups is 1. The van der Waals surface area contributed by atoms with Crippen molar-refractivity contribution in [1.29, 1.82) is 0 Å². The number of rotatable bonds is 5. The fraction of sp³-hybridized carbons (Fsp3) is 0.636. The van der Waals surface area contributed by atoms with Crippen LogP contribution in [-0.2, 0) is 17.8 Å². The van der Waals surface area contributed by atoms with E-state index in [-0.39, 0.29) is 5.78 Å². The summed E-state index contributed by atoms with van der Waals surface area (Å²) in [6, 6.07) is 0. The molecule has 4 nitrogen and oxygen atoms in total. The molecule has 0 aromatic carbocycles. The molecule has 1 aromatic rings. The summed E-state index contributed by atoms with van der Waals surface area (Å²) in [5, 5.41) is 4.12. The van der Waals surface area contributed by atoms with Gasteiger partial charge in [0.15, 0.2) is 5.78 Å². The topological polar surface area (TPSA) is 60.9 Å². The first kappa shape index (κ1) is 11.9. The van der Waals surface area contributed by atoms with Crippen LogP contribution in [0.3, 0.4) is 0 Å². The third kappa shape index (κ3) is 2.89. The lowest BCUT2D eigenvalue weighted by Crippen LogP contribution is -2.45. The van der Waals surface area contributed by atoms with E-state index in [0.29, 0.717) is 12.8 Å². The Kier molecular flexibility index (Phi) is 3.63. The number of hydrogen-bond donors (Lipinski definition) is 1. The molecule has 15 heavy (non-hydrogen) atoms. The first-order valence-electron chi connectivity index (χ1n) is 5.33. The first-order chi connectivity index (χ1) is 6.99. The molecule has 1 unspecified atom stereocenters. The summed E-state index contributed by atoms with van der Waals surface area (Å²) in [6.07, 6.45) is 4.66. The fourth-order valence-corrected chi connectivity index (χ4v) is 1.26. The van der Waals surface area contributed by atoms with Crippen LogP contribution in [0.25, 0.3) is 0 Å². The van der Waals surface area contributed by atoms with Gasteiger partial charge in [0.05, 0.1) is 11.7 Å². The molecule has 0 aliphatic heterocycles. The summed E-state index contributed by atoms with van der Waals surface area (Å²) < 4.78 is 1.81. The van der Waals surface area contributed by atoms with E-state index in [1.54, 1.807) is 13.1 Å². The highest BCUT2D eigenvalue weighted by Crippen LogP contribution is 2.10. The smallest absolute Gasteiger partial charge is 0.156 e. The van der Waals surface area contributed by atoms with Gasteiger partial charge in [-0.1, -0.05) is 6.92 Å². The van der Waals surface area contributed by atoms with Gasteiger partial charge in [-0.15, -0.1) is 0 Å². The third-order valence-corrected chi connectivity index (χ3v) is 2.75. The van der Waals surface area contributed by atoms with Crippen molar-refractivity contribution in [1.82, 2.24) is 9.78 Å². The Labute approximate surface area is 90.5 Å². The van der Waals surface area contributed by atoms with Gasteiger partial charge >= 0.3 is 0 Å². The van der Waals surface area contributed by atoms with Gasteiger partial charge in [0.2, 0.25) is 0 Å². The van der Waals surface area contributed by atoms with Gasteiger partial charge in [-0.05, 0) is 25.8 Å². The SMILES string of the molecule is CCn1cc(CC(=O)C(C)(N)CC)cn1. The van der Waals surface area contributed by atoms with Gasteiger partial charge in [0.1, 0.15) is 0 Å². The normalized spacial score (nSPS) is 14.9. The van der Waals surface area contributed by atoms with Crippen molar-refractivity contribution in [2.45, 2.75) is 45.7 Å². The van der Waals surface area contributed by atoms with Crippen LogP contribution >= 0.6 is 0 Å². The molecule has 0 radical (unpaired) electrons. The minimum Gasteiger partial charge on any atom is -0.319 e. The van der Waals surface area contributed by atoms with E-state index in [4.69, 9.17) is 5.73 Å². The van der Waals surface area contributed by atoms with Gasteiger partial charge in [-0.3, -0.25) is 9.48 Å². The largest absolute Gasteiger partial charge is 0.319 e. The zero-order valence-corrected chi connectivity index (χ0v) is 9.66. The molecule has 0 aliphatic carbocycles. The minimum absolute atomic E-state index is 0.0700. The molecule has 0 bridgehead atoms. The van der Waals surface area contributed by atoms with E-state index >= 15 is 0 Å². The van der Waals surface area contributed by atoms with Crippen LogP contribution in [0.4, 0.5) is 0 Å². The molecule has 0 fully saturated rings. The molecule has 84 valence electrons. The van der Waals surface area contributed by atoms with E-state index in [0.717, 1.165) is 12.1 Å². The highest BCUT2D eigenvalue weighted by atomic mass is 16.1. The molecule has 1 heterocycles. The van der Waals surface area contributed by atoms with Gasteiger partial charge in [-0.25, -0.2) is 0 Å². The number of nitrogens with two attached hydrogens (primary N) is 1. The Balaban J connectivity index is 2.66. The molecule has 1 rings (SSSR count). The summed E-state index contributed by atoms with van der Waals surface area (Å²) in [5.41, 5.74) is 6.09. The van der Waals surface area contributed by atoms with Gasteiger partial charge in [-0.2, -0.15) is 5.10 Å². The molecule has 0 amide bonds. The summed E-state index contributed by atoms with van der Waals surface area (Å²) in [7, 11) is 0. The predicted molar refractivity (Wildman–Crippen MR) is 59.5 cm³/mol. The highest BCUT2D eigenvalue weighted by Gasteiger charge is 2.25. The zero-order valence-electron chi connectivity index (χ0n) is 9.66. The molecule has 0 spiro atoms. The predicted octanol–water partition coefficient (Wildman–Crippen LogP) is 1.14. The van der Waals surface area contributed by atoms with Crippen molar-refractivity contribution in [2.75, 3.05) is 0 Å². The second kappa shape index (κ2) is 4.57. The lowest BCUT2D eigenvalue weighted by molar-refractivity contribution is -0.123. The number of ketones is 1. The average Bonchev–Trinajstić information content (AvgIpc) is 2.65. The second-order valence-corrected chi connectivity index (χ2v) is 4.08. The standard InChI is InChI=1S/C11H19N3O/c1-4-11(3,12)10(15)6-9-7-13-14(5-2)8-9/h7-8H,4-6,12H2,1-3H3. The van der Waals surface area contributed by atoms with Crippen LogP contribution in [0, 0.1) is 0 Å². The van der Waals surface area contributed by atoms with Crippen LogP contribution in [0.15, 0.2) is 12.4 Å². The van der Waals surface area contributed by atoms with Crippen molar-refractivity contribution in [3.8, 4) is 0 Å². The van der Waals surface area contributed by atoms with Crippen molar-refractivity contribution in [3.05, 3.63) is 18.0 Å². The number of aryl methyl sites for hydroxylation is 1. The van der Waals surface area contributed by atoms with Crippen molar-refractivity contribution in [3.63, 3.8) is 0 Å². The van der Waals surface area contributed by atoms with Crippen LogP contribution in [0.1, 0.15) is 32.8 Å². The van der Waals surface area contributed by atoms with Crippen molar-refractivity contribution < 1.29 is 4.79 Å². The maximum absolute atomic E-state index is 11.8.